The number of hydrogen-bond acceptors (Lipinski definition) is 3. The van der Waals surface area contributed by atoms with Crippen LogP contribution in [0, 0.1) is 0 Å². The lowest BCUT2D eigenvalue weighted by Gasteiger charge is -2.02. The van der Waals surface area contributed by atoms with Crippen molar-refractivity contribution < 1.29 is 0 Å². The van der Waals surface area contributed by atoms with Crippen LogP contribution in [0.25, 0.3) is 0 Å². The topological polar surface area (TPSA) is 37.8 Å². The Morgan fingerprint density at radius 1 is 1.64 bits per heavy atom. The Balaban J connectivity index is 2.45. The van der Waals surface area contributed by atoms with Gasteiger partial charge in [-0.1, -0.05) is 12.2 Å². The molecule has 3 nitrogen and oxygen atoms in total. The molecule has 1 aromatic rings. The van der Waals surface area contributed by atoms with Gasteiger partial charge in [0.1, 0.15) is 5.82 Å². The summed E-state index contributed by atoms with van der Waals surface area (Å²) in [5.74, 6) is 0.788. The molecule has 0 aliphatic heterocycles. The lowest BCUT2D eigenvalue weighted by molar-refractivity contribution is 1.13. The van der Waals surface area contributed by atoms with E-state index in [-0.39, 0.29) is 0 Å². The number of anilines is 1. The van der Waals surface area contributed by atoms with Gasteiger partial charge in [-0.3, -0.25) is 4.98 Å². The van der Waals surface area contributed by atoms with E-state index in [9.17, 15) is 0 Å². The molecule has 1 heterocycles. The molecule has 0 atom stereocenters. The Hall–Kier alpha value is -1.38. The first-order chi connectivity index (χ1) is 5.29. The number of hydrogen-bond donors (Lipinski definition) is 1. The average Bonchev–Trinajstić information content (AvgIpc) is 2.03. The summed E-state index contributed by atoms with van der Waals surface area (Å²) < 4.78 is 0. The second-order valence-electron chi connectivity index (χ2n) is 2.40. The van der Waals surface area contributed by atoms with E-state index in [4.69, 9.17) is 0 Å². The molecule has 0 amide bonds. The minimum Gasteiger partial charge on any atom is -0.365 e. The standard InChI is InChI=1S/C8H11N3/c1-7(2)5-11-8-6-9-3-4-10-8/h3-4,6H,1,5H2,2H3,(H,10,11). The van der Waals surface area contributed by atoms with E-state index in [1.165, 1.54) is 0 Å². The normalized spacial score (nSPS) is 9.18. The van der Waals surface area contributed by atoms with Crippen molar-refractivity contribution >= 4 is 5.82 Å². The molecule has 0 bridgehead atoms. The maximum Gasteiger partial charge on any atom is 0.144 e. The lowest BCUT2D eigenvalue weighted by Crippen LogP contribution is -2.03. The van der Waals surface area contributed by atoms with Gasteiger partial charge in [-0.25, -0.2) is 4.98 Å². The summed E-state index contributed by atoms with van der Waals surface area (Å²) in [4.78, 5) is 7.94. The minimum atomic E-state index is 0.749. The Labute approximate surface area is 66.2 Å². The molecule has 3 heteroatoms. The van der Waals surface area contributed by atoms with Gasteiger partial charge in [0, 0.05) is 18.9 Å². The SMILES string of the molecule is C=C(C)CNc1cnccn1. The number of rotatable bonds is 3. The maximum atomic E-state index is 4.04. The van der Waals surface area contributed by atoms with Crippen molar-refractivity contribution in [2.45, 2.75) is 6.92 Å². The molecule has 0 aliphatic carbocycles. The molecule has 0 aliphatic rings. The summed E-state index contributed by atoms with van der Waals surface area (Å²) in [6.07, 6.45) is 4.98. The first-order valence-corrected chi connectivity index (χ1v) is 3.43. The second-order valence-corrected chi connectivity index (χ2v) is 2.40. The fourth-order valence-corrected chi connectivity index (χ4v) is 0.632. The van der Waals surface area contributed by atoms with Gasteiger partial charge in [-0.15, -0.1) is 0 Å². The Morgan fingerprint density at radius 2 is 2.45 bits per heavy atom. The van der Waals surface area contributed by atoms with Gasteiger partial charge < -0.3 is 5.32 Å². The van der Waals surface area contributed by atoms with Crippen LogP contribution in [0.3, 0.4) is 0 Å². The van der Waals surface area contributed by atoms with Crippen LogP contribution in [0.5, 0.6) is 0 Å². The van der Waals surface area contributed by atoms with E-state index >= 15 is 0 Å². The van der Waals surface area contributed by atoms with Gasteiger partial charge in [0.25, 0.3) is 0 Å². The van der Waals surface area contributed by atoms with Crippen molar-refractivity contribution in [2.75, 3.05) is 11.9 Å². The van der Waals surface area contributed by atoms with Gasteiger partial charge in [-0.2, -0.15) is 0 Å². The van der Waals surface area contributed by atoms with E-state index in [1.54, 1.807) is 18.6 Å². The molecule has 11 heavy (non-hydrogen) atoms. The fraction of sp³-hybridized carbons (Fsp3) is 0.250. The van der Waals surface area contributed by atoms with Crippen molar-refractivity contribution in [2.24, 2.45) is 0 Å². The zero-order chi connectivity index (χ0) is 8.10. The van der Waals surface area contributed by atoms with E-state index in [1.807, 2.05) is 6.92 Å². The zero-order valence-corrected chi connectivity index (χ0v) is 6.54. The molecule has 0 saturated heterocycles. The van der Waals surface area contributed by atoms with Crippen molar-refractivity contribution in [3.05, 3.63) is 30.7 Å². The van der Waals surface area contributed by atoms with Gasteiger partial charge in [-0.05, 0) is 6.92 Å². The van der Waals surface area contributed by atoms with Gasteiger partial charge >= 0.3 is 0 Å². The molecule has 0 saturated carbocycles. The van der Waals surface area contributed by atoms with Crippen molar-refractivity contribution in [1.82, 2.24) is 9.97 Å². The van der Waals surface area contributed by atoms with Crippen molar-refractivity contribution in [3.63, 3.8) is 0 Å². The quantitative estimate of drug-likeness (QED) is 0.661. The van der Waals surface area contributed by atoms with Crippen molar-refractivity contribution in [3.8, 4) is 0 Å². The van der Waals surface area contributed by atoms with Gasteiger partial charge in [0.15, 0.2) is 0 Å². The summed E-state index contributed by atoms with van der Waals surface area (Å²) >= 11 is 0. The summed E-state index contributed by atoms with van der Waals surface area (Å²) in [5.41, 5.74) is 1.08. The predicted octanol–water partition coefficient (Wildman–Crippen LogP) is 1.46. The van der Waals surface area contributed by atoms with E-state index < -0.39 is 0 Å². The van der Waals surface area contributed by atoms with Crippen LogP contribution in [0.1, 0.15) is 6.92 Å². The molecule has 1 aromatic heterocycles. The highest BCUT2D eigenvalue weighted by atomic mass is 15.0. The monoisotopic (exact) mass is 149 g/mol. The molecule has 0 radical (unpaired) electrons. The molecule has 1 N–H and O–H groups in total. The van der Waals surface area contributed by atoms with Crippen LogP contribution in [-0.4, -0.2) is 16.5 Å². The highest BCUT2D eigenvalue weighted by Gasteiger charge is 1.89. The molecular weight excluding hydrogens is 138 g/mol. The van der Waals surface area contributed by atoms with Crippen LogP contribution in [-0.2, 0) is 0 Å². The smallest absolute Gasteiger partial charge is 0.144 e. The van der Waals surface area contributed by atoms with Crippen LogP contribution in [0.2, 0.25) is 0 Å². The van der Waals surface area contributed by atoms with E-state index in [0.717, 1.165) is 17.9 Å². The molecule has 0 unspecified atom stereocenters. The fourth-order valence-electron chi connectivity index (χ4n) is 0.632. The summed E-state index contributed by atoms with van der Waals surface area (Å²) in [5, 5.41) is 3.07. The van der Waals surface area contributed by atoms with Crippen molar-refractivity contribution in [1.29, 1.82) is 0 Å². The average molecular weight is 149 g/mol. The highest BCUT2D eigenvalue weighted by molar-refractivity contribution is 5.31. The van der Waals surface area contributed by atoms with Crippen LogP contribution >= 0.6 is 0 Å². The van der Waals surface area contributed by atoms with Crippen LogP contribution in [0.4, 0.5) is 5.82 Å². The van der Waals surface area contributed by atoms with Gasteiger partial charge in [0.05, 0.1) is 6.20 Å². The third-order valence-electron chi connectivity index (χ3n) is 1.13. The number of nitrogens with one attached hydrogen (secondary N) is 1. The summed E-state index contributed by atoms with van der Waals surface area (Å²) in [7, 11) is 0. The molecule has 0 spiro atoms. The maximum absolute atomic E-state index is 4.04. The Kier molecular flexibility index (Phi) is 2.60. The molecule has 0 fully saturated rings. The largest absolute Gasteiger partial charge is 0.365 e. The Morgan fingerprint density at radius 3 is 3.00 bits per heavy atom. The third kappa shape index (κ3) is 2.80. The van der Waals surface area contributed by atoms with E-state index in [2.05, 4.69) is 21.9 Å². The minimum absolute atomic E-state index is 0.749. The predicted molar refractivity (Wildman–Crippen MR) is 45.3 cm³/mol. The van der Waals surface area contributed by atoms with Crippen LogP contribution in [0.15, 0.2) is 30.7 Å². The molecule has 0 aromatic carbocycles. The number of aromatic nitrogens is 2. The Bertz CT molecular complexity index is 230. The lowest BCUT2D eigenvalue weighted by atomic mass is 10.3. The zero-order valence-electron chi connectivity index (χ0n) is 6.54. The van der Waals surface area contributed by atoms with E-state index in [0.29, 0.717) is 0 Å². The third-order valence-corrected chi connectivity index (χ3v) is 1.13. The van der Waals surface area contributed by atoms with Gasteiger partial charge in [0.2, 0.25) is 0 Å². The molecular formula is C8H11N3. The second kappa shape index (κ2) is 3.71. The first-order valence-electron chi connectivity index (χ1n) is 3.43. The molecule has 58 valence electrons. The number of nitrogens with zero attached hydrogens (tertiary/aromatic N) is 2. The van der Waals surface area contributed by atoms with Crippen LogP contribution < -0.4 is 5.32 Å². The molecule has 1 rings (SSSR count). The summed E-state index contributed by atoms with van der Waals surface area (Å²) in [6.45, 7) is 6.47. The summed E-state index contributed by atoms with van der Waals surface area (Å²) in [6, 6.07) is 0. The first kappa shape index (κ1) is 7.72. The highest BCUT2D eigenvalue weighted by Crippen LogP contribution is 1.97.